The molecule has 3 amide bonds. The first-order valence-electron chi connectivity index (χ1n) is 7.55. The van der Waals surface area contributed by atoms with Crippen molar-refractivity contribution in [2.24, 2.45) is 16.8 Å². The van der Waals surface area contributed by atoms with Gasteiger partial charge in [0.25, 0.3) is 5.91 Å². The molecule has 0 radical (unpaired) electrons. The van der Waals surface area contributed by atoms with Gasteiger partial charge in [0, 0.05) is 25.1 Å². The van der Waals surface area contributed by atoms with E-state index in [1.807, 2.05) is 0 Å². The summed E-state index contributed by atoms with van der Waals surface area (Å²) < 4.78 is 0. The number of dihydropyridines is 1. The van der Waals surface area contributed by atoms with Crippen LogP contribution in [0.5, 0.6) is 0 Å². The maximum absolute atomic E-state index is 12.3. The highest BCUT2D eigenvalue weighted by molar-refractivity contribution is 6.08. The van der Waals surface area contributed by atoms with Crippen molar-refractivity contribution in [1.82, 2.24) is 10.2 Å². The summed E-state index contributed by atoms with van der Waals surface area (Å²) in [6.45, 7) is 2.08. The smallest absolute Gasteiger partial charge is 0.312 e. The summed E-state index contributed by atoms with van der Waals surface area (Å²) in [4.78, 5) is 30.4. The van der Waals surface area contributed by atoms with Crippen LogP contribution in [0.3, 0.4) is 0 Å². The van der Waals surface area contributed by atoms with E-state index in [1.54, 1.807) is 11.9 Å². The van der Waals surface area contributed by atoms with Gasteiger partial charge >= 0.3 is 6.03 Å². The van der Waals surface area contributed by atoms with Crippen molar-refractivity contribution >= 4 is 17.6 Å². The van der Waals surface area contributed by atoms with Gasteiger partial charge in [-0.25, -0.2) is 4.79 Å². The number of aliphatic imine (C=N–C) groups is 1. The maximum Gasteiger partial charge on any atom is 0.324 e. The fraction of sp³-hybridized carbons (Fsp3) is 0.562. The molecule has 2 fully saturated rings. The number of carbonyl (C=O) groups is 2. The van der Waals surface area contributed by atoms with Crippen molar-refractivity contribution < 1.29 is 9.59 Å². The first-order valence-corrected chi connectivity index (χ1v) is 7.55. The second kappa shape index (κ2) is 4.06. The van der Waals surface area contributed by atoms with E-state index in [1.165, 1.54) is 5.57 Å². The molecule has 21 heavy (non-hydrogen) atoms. The van der Waals surface area contributed by atoms with Crippen LogP contribution in [-0.4, -0.2) is 41.2 Å². The van der Waals surface area contributed by atoms with Crippen molar-refractivity contribution in [2.75, 3.05) is 7.05 Å². The molecule has 5 heteroatoms. The zero-order valence-electron chi connectivity index (χ0n) is 12.3. The van der Waals surface area contributed by atoms with Gasteiger partial charge < -0.3 is 4.90 Å². The van der Waals surface area contributed by atoms with E-state index in [9.17, 15) is 9.59 Å². The molecule has 1 saturated heterocycles. The molecule has 1 N–H and O–H groups in total. The lowest BCUT2D eigenvalue weighted by molar-refractivity contribution is -0.126. The van der Waals surface area contributed by atoms with Gasteiger partial charge in [-0.05, 0) is 31.8 Å². The topological polar surface area (TPSA) is 61.8 Å². The van der Waals surface area contributed by atoms with E-state index < -0.39 is 5.54 Å². The Balaban J connectivity index is 1.70. The molecule has 2 heterocycles. The molecule has 4 aliphatic rings. The molecule has 4 rings (SSSR count). The highest BCUT2D eigenvalue weighted by Gasteiger charge is 2.57. The molecule has 0 aromatic carbocycles. The highest BCUT2D eigenvalue weighted by atomic mass is 16.2. The Morgan fingerprint density at radius 3 is 2.90 bits per heavy atom. The number of hydrogen-bond donors (Lipinski definition) is 1. The maximum atomic E-state index is 12.3. The third-order valence-corrected chi connectivity index (χ3v) is 5.42. The second-order valence-electron chi connectivity index (χ2n) is 6.67. The van der Waals surface area contributed by atoms with Crippen molar-refractivity contribution in [1.29, 1.82) is 0 Å². The standard InChI is InChI=1S/C16H19N3O2/c1-9-3-4-10-5-11-7-16(8-12(11)6-13(10)17-9)14(20)18-15(21)19(16)2/h3-4,6,9-11H,5,7-8H2,1-2H3,(H,18,20,21)/t9?,10?,11?,16-/m1/s1. The lowest BCUT2D eigenvalue weighted by atomic mass is 9.80. The fourth-order valence-electron chi connectivity index (χ4n) is 4.18. The summed E-state index contributed by atoms with van der Waals surface area (Å²) in [6.07, 6.45) is 8.96. The summed E-state index contributed by atoms with van der Waals surface area (Å²) in [5.74, 6) is 0.612. The molecule has 1 saturated carbocycles. The average Bonchev–Trinajstić information content (AvgIpc) is 2.91. The molecule has 3 unspecified atom stereocenters. The van der Waals surface area contributed by atoms with E-state index in [-0.39, 0.29) is 18.0 Å². The fourth-order valence-corrected chi connectivity index (χ4v) is 4.18. The largest absolute Gasteiger partial charge is 0.324 e. The minimum atomic E-state index is -0.670. The SMILES string of the molecule is CC1C=CC2CC3C[C@@]4(CC3=CC2=N1)C(=O)NC(=O)N4C. The van der Waals surface area contributed by atoms with Gasteiger partial charge in [0.15, 0.2) is 0 Å². The normalized spacial score (nSPS) is 40.9. The molecular formula is C16H19N3O2. The summed E-state index contributed by atoms with van der Waals surface area (Å²) in [6, 6.07) is -0.0402. The number of imide groups is 1. The Hall–Kier alpha value is -1.91. The number of nitrogens with one attached hydrogen (secondary N) is 1. The number of rotatable bonds is 0. The Labute approximate surface area is 123 Å². The minimum Gasteiger partial charge on any atom is -0.312 e. The Morgan fingerprint density at radius 2 is 2.19 bits per heavy atom. The van der Waals surface area contributed by atoms with E-state index in [4.69, 9.17) is 4.99 Å². The predicted molar refractivity (Wildman–Crippen MR) is 79.0 cm³/mol. The first-order chi connectivity index (χ1) is 9.99. The van der Waals surface area contributed by atoms with Crippen LogP contribution in [-0.2, 0) is 4.79 Å². The molecule has 0 bridgehead atoms. The van der Waals surface area contributed by atoms with Crippen LogP contribution in [0.1, 0.15) is 26.2 Å². The summed E-state index contributed by atoms with van der Waals surface area (Å²) in [7, 11) is 1.73. The van der Waals surface area contributed by atoms with Crippen LogP contribution in [0.2, 0.25) is 0 Å². The van der Waals surface area contributed by atoms with Crippen LogP contribution < -0.4 is 5.32 Å². The van der Waals surface area contributed by atoms with Crippen LogP contribution in [0.15, 0.2) is 28.8 Å². The number of urea groups is 1. The number of hydrogen-bond acceptors (Lipinski definition) is 3. The van der Waals surface area contributed by atoms with Gasteiger partial charge in [-0.1, -0.05) is 17.7 Å². The van der Waals surface area contributed by atoms with Crippen molar-refractivity contribution in [3.63, 3.8) is 0 Å². The molecular weight excluding hydrogens is 266 g/mol. The molecule has 0 aromatic heterocycles. The molecule has 0 aromatic rings. The van der Waals surface area contributed by atoms with Crippen molar-refractivity contribution in [3.05, 3.63) is 23.8 Å². The summed E-state index contributed by atoms with van der Waals surface area (Å²) in [5.41, 5.74) is 1.75. The van der Waals surface area contributed by atoms with E-state index in [2.05, 4.69) is 30.5 Å². The number of nitrogens with zero attached hydrogens (tertiary/aromatic N) is 2. The summed E-state index contributed by atoms with van der Waals surface area (Å²) >= 11 is 0. The van der Waals surface area contributed by atoms with Crippen molar-refractivity contribution in [2.45, 2.75) is 37.8 Å². The van der Waals surface area contributed by atoms with Gasteiger partial charge in [0.1, 0.15) is 5.54 Å². The first kappa shape index (κ1) is 12.8. The minimum absolute atomic E-state index is 0.140. The number of amides is 3. The molecule has 2 aliphatic carbocycles. The van der Waals surface area contributed by atoms with Crippen LogP contribution in [0.4, 0.5) is 4.79 Å². The molecule has 110 valence electrons. The van der Waals surface area contributed by atoms with Crippen LogP contribution >= 0.6 is 0 Å². The number of likely N-dealkylation sites (N-methyl/N-ethyl adjacent to an activating group) is 1. The highest BCUT2D eigenvalue weighted by Crippen LogP contribution is 2.49. The summed E-state index contributed by atoms with van der Waals surface area (Å²) in [5, 5.41) is 2.46. The average molecular weight is 285 g/mol. The Kier molecular flexibility index (Phi) is 2.47. The molecule has 4 atom stereocenters. The van der Waals surface area contributed by atoms with Gasteiger partial charge in [-0.2, -0.15) is 0 Å². The van der Waals surface area contributed by atoms with E-state index >= 15 is 0 Å². The lowest BCUT2D eigenvalue weighted by Crippen LogP contribution is -2.45. The van der Waals surface area contributed by atoms with E-state index in [0.29, 0.717) is 18.3 Å². The third-order valence-electron chi connectivity index (χ3n) is 5.42. The second-order valence-corrected chi connectivity index (χ2v) is 6.67. The van der Waals surface area contributed by atoms with Crippen molar-refractivity contribution in [3.8, 4) is 0 Å². The number of allylic oxidation sites excluding steroid dienone is 2. The molecule has 2 aliphatic heterocycles. The molecule has 1 spiro atoms. The van der Waals surface area contributed by atoms with Gasteiger partial charge in [0.2, 0.25) is 0 Å². The van der Waals surface area contributed by atoms with Crippen LogP contribution in [0.25, 0.3) is 0 Å². The zero-order chi connectivity index (χ0) is 14.8. The van der Waals surface area contributed by atoms with Gasteiger partial charge in [-0.3, -0.25) is 15.1 Å². The Morgan fingerprint density at radius 1 is 1.38 bits per heavy atom. The number of carbonyl (C=O) groups excluding carboxylic acids is 2. The predicted octanol–water partition coefficient (Wildman–Crippen LogP) is 1.66. The monoisotopic (exact) mass is 285 g/mol. The quantitative estimate of drug-likeness (QED) is 0.543. The lowest BCUT2D eigenvalue weighted by Gasteiger charge is -2.29. The van der Waals surface area contributed by atoms with E-state index in [0.717, 1.165) is 18.6 Å². The third kappa shape index (κ3) is 1.66. The van der Waals surface area contributed by atoms with Crippen LogP contribution in [0, 0.1) is 11.8 Å². The molecule has 5 nitrogen and oxygen atoms in total. The van der Waals surface area contributed by atoms with Gasteiger partial charge in [0.05, 0.1) is 6.04 Å². The zero-order valence-corrected chi connectivity index (χ0v) is 12.3. The van der Waals surface area contributed by atoms with Gasteiger partial charge in [-0.15, -0.1) is 0 Å². The number of fused-ring (bicyclic) bond motifs is 2. The Bertz CT molecular complexity index is 633.